The third kappa shape index (κ3) is 5.95. The maximum Gasteiger partial charge on any atom is 0.250 e. The third-order valence-electron chi connectivity index (χ3n) is 3.52. The Kier molecular flexibility index (Phi) is 7.46. The van der Waals surface area contributed by atoms with Gasteiger partial charge in [-0.1, -0.05) is 31.9 Å². The number of hydrogen-bond acceptors (Lipinski definition) is 3. The number of rotatable bonds is 9. The zero-order valence-corrected chi connectivity index (χ0v) is 12.6. The summed E-state index contributed by atoms with van der Waals surface area (Å²) in [7, 11) is 0. The highest BCUT2D eigenvalue weighted by Gasteiger charge is 2.13. The molecule has 1 rings (SSSR count). The molecule has 0 aliphatic heterocycles. The molecule has 0 spiro atoms. The summed E-state index contributed by atoms with van der Waals surface area (Å²) in [6.07, 6.45) is 4.37. The molecule has 0 fully saturated rings. The van der Waals surface area contributed by atoms with Crippen LogP contribution in [0.4, 0.5) is 5.69 Å². The summed E-state index contributed by atoms with van der Waals surface area (Å²) in [5, 5.41) is 2.76. The monoisotopic (exact) mass is 291 g/mol. The molecule has 0 aliphatic rings. The fourth-order valence-electron chi connectivity index (χ4n) is 2.43. The molecule has 0 saturated carbocycles. The minimum absolute atomic E-state index is 0.0955. The van der Waals surface area contributed by atoms with E-state index >= 15 is 0 Å². The van der Waals surface area contributed by atoms with Crippen molar-refractivity contribution in [3.8, 4) is 0 Å². The van der Waals surface area contributed by atoms with Crippen molar-refractivity contribution in [1.82, 2.24) is 0 Å². The first kappa shape index (κ1) is 17.2. The van der Waals surface area contributed by atoms with Crippen LogP contribution in [0.25, 0.3) is 0 Å². The lowest BCUT2D eigenvalue weighted by atomic mass is 9.94. The largest absolute Gasteiger partial charge is 0.366 e. The summed E-state index contributed by atoms with van der Waals surface area (Å²) in [4.78, 5) is 23.3. The first-order valence-corrected chi connectivity index (χ1v) is 7.47. The van der Waals surface area contributed by atoms with Gasteiger partial charge in [-0.25, -0.2) is 0 Å². The molecule has 0 heterocycles. The van der Waals surface area contributed by atoms with Crippen LogP contribution in [-0.2, 0) is 4.79 Å². The van der Waals surface area contributed by atoms with Gasteiger partial charge in [0.1, 0.15) is 0 Å². The van der Waals surface area contributed by atoms with Crippen molar-refractivity contribution in [2.24, 2.45) is 17.4 Å². The molecule has 0 aromatic heterocycles. The molecule has 5 N–H and O–H groups in total. The maximum absolute atomic E-state index is 12.0. The number of nitrogens with two attached hydrogens (primary N) is 2. The van der Waals surface area contributed by atoms with Crippen LogP contribution < -0.4 is 16.8 Å². The number of primary amides is 1. The number of hydrogen-bond donors (Lipinski definition) is 3. The van der Waals surface area contributed by atoms with Gasteiger partial charge in [-0.15, -0.1) is 0 Å². The Hall–Kier alpha value is -1.88. The van der Waals surface area contributed by atoms with Crippen LogP contribution in [0.5, 0.6) is 0 Å². The average molecular weight is 291 g/mol. The summed E-state index contributed by atoms with van der Waals surface area (Å²) < 4.78 is 0. The highest BCUT2D eigenvalue weighted by molar-refractivity contribution is 6.02. The van der Waals surface area contributed by atoms with E-state index in [0.29, 0.717) is 30.1 Å². The smallest absolute Gasteiger partial charge is 0.250 e. The molecule has 21 heavy (non-hydrogen) atoms. The van der Waals surface area contributed by atoms with Crippen molar-refractivity contribution in [2.75, 3.05) is 11.9 Å². The molecule has 5 nitrogen and oxygen atoms in total. The van der Waals surface area contributed by atoms with E-state index in [1.54, 1.807) is 24.3 Å². The zero-order valence-electron chi connectivity index (χ0n) is 12.6. The van der Waals surface area contributed by atoms with Crippen molar-refractivity contribution < 1.29 is 9.59 Å². The highest BCUT2D eigenvalue weighted by atomic mass is 16.2. The summed E-state index contributed by atoms with van der Waals surface area (Å²) in [6.45, 7) is 2.78. The van der Waals surface area contributed by atoms with Crippen LogP contribution in [0.3, 0.4) is 0 Å². The van der Waals surface area contributed by atoms with Gasteiger partial charge in [-0.3, -0.25) is 9.59 Å². The fraction of sp³-hybridized carbons (Fsp3) is 0.500. The van der Waals surface area contributed by atoms with Crippen LogP contribution in [0, 0.1) is 5.92 Å². The van der Waals surface area contributed by atoms with Crippen LogP contribution in [-0.4, -0.2) is 18.4 Å². The van der Waals surface area contributed by atoms with E-state index in [9.17, 15) is 9.59 Å². The van der Waals surface area contributed by atoms with Gasteiger partial charge in [0.05, 0.1) is 11.3 Å². The number of para-hydroxylation sites is 1. The van der Waals surface area contributed by atoms with Crippen molar-refractivity contribution in [1.29, 1.82) is 0 Å². The van der Waals surface area contributed by atoms with E-state index < -0.39 is 5.91 Å². The normalized spacial score (nSPS) is 11.9. The van der Waals surface area contributed by atoms with Gasteiger partial charge < -0.3 is 16.8 Å². The molecular weight excluding hydrogens is 266 g/mol. The van der Waals surface area contributed by atoms with Crippen LogP contribution in [0.15, 0.2) is 24.3 Å². The van der Waals surface area contributed by atoms with E-state index in [2.05, 4.69) is 12.2 Å². The standard InChI is InChI=1S/C16H25N3O2/c1-2-5-12(10-11-17)8-9-15(20)19-14-7-4-3-6-13(14)16(18)21/h3-4,6-7,12H,2,5,8-11,17H2,1H3,(H2,18,21)(H,19,20). The zero-order chi connectivity index (χ0) is 15.7. The Morgan fingerprint density at radius 2 is 1.90 bits per heavy atom. The van der Waals surface area contributed by atoms with Gasteiger partial charge in [0.25, 0.3) is 5.91 Å². The van der Waals surface area contributed by atoms with Crippen molar-refractivity contribution >= 4 is 17.5 Å². The Labute approximate surface area is 126 Å². The molecule has 0 radical (unpaired) electrons. The van der Waals surface area contributed by atoms with Gasteiger partial charge >= 0.3 is 0 Å². The molecule has 2 amide bonds. The van der Waals surface area contributed by atoms with Crippen molar-refractivity contribution in [2.45, 2.75) is 39.0 Å². The fourth-order valence-corrected chi connectivity index (χ4v) is 2.43. The van der Waals surface area contributed by atoms with Gasteiger partial charge in [0.15, 0.2) is 0 Å². The molecule has 1 aromatic carbocycles. The highest BCUT2D eigenvalue weighted by Crippen LogP contribution is 2.19. The number of anilines is 1. The SMILES string of the molecule is CCCC(CCN)CCC(=O)Nc1ccccc1C(N)=O. The molecule has 0 saturated heterocycles. The summed E-state index contributed by atoms with van der Waals surface area (Å²) >= 11 is 0. The van der Waals surface area contributed by atoms with E-state index in [-0.39, 0.29) is 5.91 Å². The molecule has 1 unspecified atom stereocenters. The predicted molar refractivity (Wildman–Crippen MR) is 84.9 cm³/mol. The Balaban J connectivity index is 2.55. The van der Waals surface area contributed by atoms with Crippen LogP contribution in [0.1, 0.15) is 49.4 Å². The summed E-state index contributed by atoms with van der Waals surface area (Å²) in [5.74, 6) is -0.156. The summed E-state index contributed by atoms with van der Waals surface area (Å²) in [6, 6.07) is 6.76. The lowest BCUT2D eigenvalue weighted by Gasteiger charge is -2.15. The predicted octanol–water partition coefficient (Wildman–Crippen LogP) is 2.27. The van der Waals surface area contributed by atoms with Gasteiger partial charge in [-0.05, 0) is 37.4 Å². The second-order valence-corrected chi connectivity index (χ2v) is 5.23. The number of nitrogens with one attached hydrogen (secondary N) is 1. The minimum Gasteiger partial charge on any atom is -0.366 e. The maximum atomic E-state index is 12.0. The van der Waals surface area contributed by atoms with Crippen molar-refractivity contribution in [3.05, 3.63) is 29.8 Å². The average Bonchev–Trinajstić information content (AvgIpc) is 2.45. The van der Waals surface area contributed by atoms with Gasteiger partial charge in [0, 0.05) is 6.42 Å². The molecule has 1 atom stereocenters. The molecule has 116 valence electrons. The second-order valence-electron chi connectivity index (χ2n) is 5.23. The first-order valence-electron chi connectivity index (χ1n) is 7.47. The molecule has 0 bridgehead atoms. The Morgan fingerprint density at radius 1 is 1.19 bits per heavy atom. The van der Waals surface area contributed by atoms with E-state index in [0.717, 1.165) is 25.7 Å². The van der Waals surface area contributed by atoms with E-state index in [4.69, 9.17) is 11.5 Å². The van der Waals surface area contributed by atoms with Gasteiger partial charge in [0.2, 0.25) is 5.91 Å². The number of carbonyl (C=O) groups is 2. The molecule has 5 heteroatoms. The number of carbonyl (C=O) groups excluding carboxylic acids is 2. The van der Waals surface area contributed by atoms with E-state index in [1.807, 2.05) is 0 Å². The first-order chi connectivity index (χ1) is 10.1. The second kappa shape index (κ2) is 9.13. The van der Waals surface area contributed by atoms with Crippen molar-refractivity contribution in [3.63, 3.8) is 0 Å². The van der Waals surface area contributed by atoms with Gasteiger partial charge in [-0.2, -0.15) is 0 Å². The van der Waals surface area contributed by atoms with Crippen LogP contribution >= 0.6 is 0 Å². The Morgan fingerprint density at radius 3 is 2.52 bits per heavy atom. The minimum atomic E-state index is -0.544. The number of amides is 2. The van der Waals surface area contributed by atoms with Crippen LogP contribution in [0.2, 0.25) is 0 Å². The Bertz CT molecular complexity index is 468. The summed E-state index contributed by atoms with van der Waals surface area (Å²) in [5.41, 5.74) is 11.7. The molecule has 1 aromatic rings. The number of benzene rings is 1. The lowest BCUT2D eigenvalue weighted by molar-refractivity contribution is -0.116. The third-order valence-corrected chi connectivity index (χ3v) is 3.52. The quantitative estimate of drug-likeness (QED) is 0.651. The topological polar surface area (TPSA) is 98.2 Å². The van der Waals surface area contributed by atoms with E-state index in [1.165, 1.54) is 0 Å². The molecular formula is C16H25N3O2. The lowest BCUT2D eigenvalue weighted by Crippen LogP contribution is -2.19. The molecule has 0 aliphatic carbocycles.